The SMILES string of the molecule is O=C(Nc1cccc2ccc(SO)cc12)c1ccc(Cl)c(Cl)c1. The van der Waals surface area contributed by atoms with Crippen molar-refractivity contribution in [1.29, 1.82) is 0 Å². The standard InChI is InChI=1S/C17H11Cl2NO2S/c18-14-7-5-11(8-15(14)19)17(21)20-16-3-1-2-10-4-6-12(23-22)9-13(10)16/h1-9,22H,(H,20,21). The Morgan fingerprint density at radius 1 is 1.00 bits per heavy atom. The van der Waals surface area contributed by atoms with E-state index in [-0.39, 0.29) is 5.91 Å². The number of nitrogens with one attached hydrogen (secondary N) is 1. The summed E-state index contributed by atoms with van der Waals surface area (Å²) in [4.78, 5) is 13.1. The number of hydrogen-bond acceptors (Lipinski definition) is 3. The van der Waals surface area contributed by atoms with Crippen molar-refractivity contribution >= 4 is 57.6 Å². The van der Waals surface area contributed by atoms with Crippen LogP contribution in [0.4, 0.5) is 5.69 Å². The fourth-order valence-corrected chi connectivity index (χ4v) is 2.85. The van der Waals surface area contributed by atoms with Crippen LogP contribution in [0.3, 0.4) is 0 Å². The van der Waals surface area contributed by atoms with E-state index in [0.717, 1.165) is 10.8 Å². The third kappa shape index (κ3) is 3.46. The van der Waals surface area contributed by atoms with E-state index < -0.39 is 0 Å². The van der Waals surface area contributed by atoms with E-state index in [4.69, 9.17) is 23.2 Å². The second-order valence-corrected chi connectivity index (χ2v) is 6.33. The van der Waals surface area contributed by atoms with E-state index in [1.807, 2.05) is 36.4 Å². The number of amides is 1. The number of benzene rings is 3. The monoisotopic (exact) mass is 363 g/mol. The average molecular weight is 364 g/mol. The van der Waals surface area contributed by atoms with Gasteiger partial charge >= 0.3 is 0 Å². The van der Waals surface area contributed by atoms with Crippen LogP contribution in [0.15, 0.2) is 59.5 Å². The van der Waals surface area contributed by atoms with Gasteiger partial charge in [0.05, 0.1) is 10.0 Å². The maximum Gasteiger partial charge on any atom is 0.255 e. The van der Waals surface area contributed by atoms with Gasteiger partial charge in [-0.25, -0.2) is 0 Å². The minimum atomic E-state index is -0.280. The first-order valence-corrected chi connectivity index (χ1v) is 8.22. The van der Waals surface area contributed by atoms with Gasteiger partial charge in [0.2, 0.25) is 0 Å². The smallest absolute Gasteiger partial charge is 0.255 e. The fraction of sp³-hybridized carbons (Fsp3) is 0. The normalized spacial score (nSPS) is 10.7. The number of anilines is 1. The number of hydrogen-bond donors (Lipinski definition) is 2. The molecule has 3 nitrogen and oxygen atoms in total. The third-order valence-electron chi connectivity index (χ3n) is 3.39. The number of halogens is 2. The first-order chi connectivity index (χ1) is 11.1. The summed E-state index contributed by atoms with van der Waals surface area (Å²) in [5.74, 6) is -0.280. The quantitative estimate of drug-likeness (QED) is 0.564. The van der Waals surface area contributed by atoms with Gasteiger partial charge in [-0.3, -0.25) is 4.79 Å². The molecule has 23 heavy (non-hydrogen) atoms. The summed E-state index contributed by atoms with van der Waals surface area (Å²) in [6.07, 6.45) is 0. The Hall–Kier alpha value is -1.72. The molecule has 0 saturated carbocycles. The van der Waals surface area contributed by atoms with E-state index in [9.17, 15) is 9.35 Å². The average Bonchev–Trinajstić information content (AvgIpc) is 2.57. The number of carbonyl (C=O) groups excluding carboxylic acids is 1. The van der Waals surface area contributed by atoms with Gasteiger partial charge in [0.25, 0.3) is 5.91 Å². The lowest BCUT2D eigenvalue weighted by Crippen LogP contribution is -2.12. The maximum atomic E-state index is 12.4. The van der Waals surface area contributed by atoms with E-state index in [1.54, 1.807) is 12.1 Å². The van der Waals surface area contributed by atoms with Crippen molar-refractivity contribution in [2.75, 3.05) is 5.32 Å². The van der Waals surface area contributed by atoms with Crippen LogP contribution in [0.5, 0.6) is 0 Å². The summed E-state index contributed by atoms with van der Waals surface area (Å²) in [7, 11) is 0. The lowest BCUT2D eigenvalue weighted by Gasteiger charge is -2.10. The van der Waals surface area contributed by atoms with Crippen molar-refractivity contribution < 1.29 is 9.35 Å². The Labute approximate surface area is 147 Å². The van der Waals surface area contributed by atoms with Crippen LogP contribution in [0.25, 0.3) is 10.8 Å². The van der Waals surface area contributed by atoms with Crippen molar-refractivity contribution in [1.82, 2.24) is 0 Å². The predicted molar refractivity (Wildman–Crippen MR) is 96.8 cm³/mol. The molecule has 3 rings (SSSR count). The zero-order valence-corrected chi connectivity index (χ0v) is 14.0. The van der Waals surface area contributed by atoms with Gasteiger partial charge in [-0.15, -0.1) is 0 Å². The number of carbonyl (C=O) groups is 1. The molecule has 0 aromatic heterocycles. The maximum absolute atomic E-state index is 12.4. The molecule has 0 atom stereocenters. The van der Waals surface area contributed by atoms with Gasteiger partial charge in [0.15, 0.2) is 0 Å². The number of fused-ring (bicyclic) bond motifs is 1. The van der Waals surface area contributed by atoms with E-state index in [2.05, 4.69) is 5.32 Å². The molecule has 116 valence electrons. The first-order valence-electron chi connectivity index (χ1n) is 6.69. The highest BCUT2D eigenvalue weighted by Gasteiger charge is 2.10. The summed E-state index contributed by atoms with van der Waals surface area (Å²) in [6.45, 7) is 0. The van der Waals surface area contributed by atoms with Gasteiger partial charge < -0.3 is 9.87 Å². The molecule has 0 aliphatic carbocycles. The molecule has 0 radical (unpaired) electrons. The molecular weight excluding hydrogens is 353 g/mol. The molecule has 0 spiro atoms. The van der Waals surface area contributed by atoms with Crippen LogP contribution in [-0.2, 0) is 0 Å². The van der Waals surface area contributed by atoms with E-state index in [0.29, 0.717) is 38.2 Å². The van der Waals surface area contributed by atoms with Crippen LogP contribution in [0, 0.1) is 0 Å². The second kappa shape index (κ2) is 6.81. The van der Waals surface area contributed by atoms with E-state index in [1.165, 1.54) is 6.07 Å². The minimum absolute atomic E-state index is 0.280. The molecule has 0 fully saturated rings. The third-order valence-corrected chi connectivity index (χ3v) is 4.59. The topological polar surface area (TPSA) is 49.3 Å². The fourth-order valence-electron chi connectivity index (χ4n) is 2.25. The van der Waals surface area contributed by atoms with Gasteiger partial charge in [0.1, 0.15) is 0 Å². The lowest BCUT2D eigenvalue weighted by atomic mass is 10.1. The van der Waals surface area contributed by atoms with Crippen LogP contribution in [0.1, 0.15) is 10.4 Å². The molecule has 0 saturated heterocycles. The van der Waals surface area contributed by atoms with E-state index >= 15 is 0 Å². The zero-order valence-electron chi connectivity index (χ0n) is 11.7. The summed E-state index contributed by atoms with van der Waals surface area (Å²) in [6, 6.07) is 15.9. The molecule has 3 aromatic carbocycles. The minimum Gasteiger partial charge on any atom is -0.325 e. The zero-order chi connectivity index (χ0) is 16.4. The van der Waals surface area contributed by atoms with Crippen molar-refractivity contribution in [3.05, 3.63) is 70.2 Å². The first kappa shape index (κ1) is 16.1. The van der Waals surface area contributed by atoms with Gasteiger partial charge in [-0.1, -0.05) is 41.4 Å². The Morgan fingerprint density at radius 3 is 2.57 bits per heavy atom. The molecular formula is C17H11Cl2NO2S. The second-order valence-electron chi connectivity index (χ2n) is 4.86. The molecule has 0 aliphatic heterocycles. The van der Waals surface area contributed by atoms with Gasteiger partial charge in [-0.2, -0.15) is 0 Å². The summed E-state index contributed by atoms with van der Waals surface area (Å²) < 4.78 is 9.21. The van der Waals surface area contributed by atoms with Crippen LogP contribution in [-0.4, -0.2) is 10.5 Å². The van der Waals surface area contributed by atoms with Crippen molar-refractivity contribution in [2.45, 2.75) is 4.90 Å². The highest BCUT2D eigenvalue weighted by Crippen LogP contribution is 2.29. The molecule has 2 N–H and O–H groups in total. The predicted octanol–water partition coefficient (Wildman–Crippen LogP) is 5.96. The molecule has 0 bridgehead atoms. The van der Waals surface area contributed by atoms with Crippen LogP contribution < -0.4 is 5.32 Å². The summed E-state index contributed by atoms with van der Waals surface area (Å²) >= 11 is 12.5. The number of rotatable bonds is 3. The Balaban J connectivity index is 1.97. The van der Waals surface area contributed by atoms with Gasteiger partial charge in [0, 0.05) is 33.6 Å². The van der Waals surface area contributed by atoms with Gasteiger partial charge in [-0.05, 0) is 41.8 Å². The van der Waals surface area contributed by atoms with Crippen molar-refractivity contribution in [2.24, 2.45) is 0 Å². The molecule has 0 aliphatic rings. The summed E-state index contributed by atoms with van der Waals surface area (Å²) in [5.41, 5.74) is 1.08. The molecule has 0 heterocycles. The Bertz CT molecular complexity index is 899. The largest absolute Gasteiger partial charge is 0.325 e. The van der Waals surface area contributed by atoms with Crippen LogP contribution >= 0.6 is 35.2 Å². The molecule has 3 aromatic rings. The molecule has 1 amide bonds. The Morgan fingerprint density at radius 2 is 1.83 bits per heavy atom. The molecule has 0 unspecified atom stereocenters. The summed E-state index contributed by atoms with van der Waals surface area (Å²) in [5, 5.41) is 5.41. The van der Waals surface area contributed by atoms with Crippen LogP contribution in [0.2, 0.25) is 10.0 Å². The molecule has 6 heteroatoms. The Kier molecular flexibility index (Phi) is 4.78. The highest BCUT2D eigenvalue weighted by molar-refractivity contribution is 7.93. The van der Waals surface area contributed by atoms with Crippen molar-refractivity contribution in [3.63, 3.8) is 0 Å². The van der Waals surface area contributed by atoms with Crippen molar-refractivity contribution in [3.8, 4) is 0 Å². The highest BCUT2D eigenvalue weighted by atomic mass is 35.5. The lowest BCUT2D eigenvalue weighted by molar-refractivity contribution is 0.102.